The van der Waals surface area contributed by atoms with E-state index >= 15 is 0 Å². The van der Waals surface area contributed by atoms with Gasteiger partial charge in [-0.15, -0.1) is 0 Å². The van der Waals surface area contributed by atoms with Crippen LogP contribution in [0.1, 0.15) is 67.9 Å². The lowest BCUT2D eigenvalue weighted by atomic mass is 9.96. The van der Waals surface area contributed by atoms with Crippen LogP contribution in [0.5, 0.6) is 11.5 Å². The Morgan fingerprint density at radius 2 is 1.09 bits per heavy atom. The number of carbonyl (C=O) groups excluding carboxylic acids is 2. The van der Waals surface area contributed by atoms with Gasteiger partial charge in [-0.1, -0.05) is 20.4 Å². The zero-order chi connectivity index (χ0) is 40.5. The lowest BCUT2D eigenvalue weighted by molar-refractivity contribution is -0.148. The van der Waals surface area contributed by atoms with Crippen molar-refractivity contribution < 1.29 is 57.0 Å². The molecule has 0 saturated heterocycles. The molecule has 0 aliphatic rings. The average Bonchev–Trinajstić information content (AvgIpc) is 3.11. The van der Waals surface area contributed by atoms with Crippen LogP contribution in [0.15, 0.2) is 30.4 Å². The molecule has 0 aliphatic heterocycles. The number of nitrogens with one attached hydrogen (secondary N) is 1. The molecule has 0 saturated carbocycles. The molecule has 54 heavy (non-hydrogen) atoms. The zero-order valence-electron chi connectivity index (χ0n) is 33.3. The number of ether oxygens (including phenoxy) is 10. The first-order valence-corrected chi connectivity index (χ1v) is 17.8. The Bertz CT molecular complexity index is 1360. The lowest BCUT2D eigenvalue weighted by Crippen LogP contribution is -2.32. The second-order valence-electron chi connectivity index (χ2n) is 13.8. The first-order valence-electron chi connectivity index (χ1n) is 17.8. The smallest absolute Gasteiger partial charge is 0.407 e. The molecule has 0 fully saturated rings. The molecule has 0 radical (unpaired) electrons. The summed E-state index contributed by atoms with van der Waals surface area (Å²) in [5.74, 6) is 0.260. The molecule has 0 bridgehead atoms. The summed E-state index contributed by atoms with van der Waals surface area (Å²) >= 11 is 0. The first kappa shape index (κ1) is 47.8. The fourth-order valence-electron chi connectivity index (χ4n) is 4.21. The van der Waals surface area contributed by atoms with Gasteiger partial charge in [0.15, 0.2) is 0 Å². The van der Waals surface area contributed by atoms with Gasteiger partial charge in [0.25, 0.3) is 0 Å². The van der Waals surface area contributed by atoms with Crippen molar-refractivity contribution in [3.05, 3.63) is 35.9 Å². The van der Waals surface area contributed by atoms with Gasteiger partial charge in [0, 0.05) is 35.7 Å². The van der Waals surface area contributed by atoms with E-state index in [1.807, 2.05) is 27.7 Å². The van der Waals surface area contributed by atoms with Gasteiger partial charge in [0.1, 0.15) is 35.9 Å². The maximum absolute atomic E-state index is 12.4. The van der Waals surface area contributed by atoms with E-state index in [2.05, 4.69) is 50.0 Å². The fourth-order valence-corrected chi connectivity index (χ4v) is 4.21. The van der Waals surface area contributed by atoms with Crippen molar-refractivity contribution in [1.29, 1.82) is 0 Å². The summed E-state index contributed by atoms with van der Waals surface area (Å²) in [5, 5.41) is 2.67. The van der Waals surface area contributed by atoms with Crippen molar-refractivity contribution in [2.75, 3.05) is 52.9 Å². The van der Waals surface area contributed by atoms with Crippen molar-refractivity contribution >= 4 is 12.1 Å². The van der Waals surface area contributed by atoms with Crippen LogP contribution in [0.25, 0.3) is 0 Å². The molecule has 1 rings (SSSR count). The average molecular weight is 764 g/mol. The van der Waals surface area contributed by atoms with Gasteiger partial charge in [-0.2, -0.15) is 0 Å². The van der Waals surface area contributed by atoms with Crippen LogP contribution >= 0.6 is 0 Å². The van der Waals surface area contributed by atoms with E-state index in [9.17, 15) is 9.59 Å². The predicted molar refractivity (Wildman–Crippen MR) is 202 cm³/mol. The molecule has 5 N–H and O–H groups in total. The Hall–Kier alpha value is -4.22. The number of hydrogen-bond donors (Lipinski definition) is 3. The van der Waals surface area contributed by atoms with E-state index in [0.717, 1.165) is 0 Å². The Balaban J connectivity index is 2.24. The Morgan fingerprint density at radius 3 is 1.52 bits per heavy atom. The van der Waals surface area contributed by atoms with Crippen molar-refractivity contribution in [1.82, 2.24) is 5.32 Å². The number of rotatable bonds is 27. The van der Waals surface area contributed by atoms with Gasteiger partial charge in [-0.3, -0.25) is 0 Å². The van der Waals surface area contributed by atoms with Crippen LogP contribution in [0.4, 0.5) is 4.79 Å². The summed E-state index contributed by atoms with van der Waals surface area (Å²) in [5.41, 5.74) is 11.1. The molecule has 0 heterocycles. The predicted octanol–water partition coefficient (Wildman–Crippen LogP) is 4.00. The number of amides is 1. The normalized spacial score (nSPS) is 14.4. The highest BCUT2D eigenvalue weighted by atomic mass is 16.6. The fraction of sp³-hybridized carbons (Fsp3) is 0.641. The highest BCUT2D eigenvalue weighted by Crippen LogP contribution is 2.23. The standard InChI is InChI=1S/C39H61N3O12/c1-27(2)37(43)53-32(7)23-51-30(5)21-49-28(3)19-45-25-39(9,10)26-46-20-29(4)50-22-31(6)52-24-33(8)54-38(44)42-18-34-15-35(47-13-11-40)17-36(16-34)48-14-12-41/h15-17,28-33H,1,18-26,40-41H2,2-10H3,(H,42,44). The van der Waals surface area contributed by atoms with Gasteiger partial charge in [-0.25, -0.2) is 9.59 Å². The van der Waals surface area contributed by atoms with Crippen LogP contribution in [-0.2, 0) is 49.2 Å². The van der Waals surface area contributed by atoms with E-state index in [1.165, 1.54) is 0 Å². The Kier molecular flexibility index (Phi) is 23.5. The first-order chi connectivity index (χ1) is 25.5. The van der Waals surface area contributed by atoms with E-state index in [0.29, 0.717) is 62.3 Å². The summed E-state index contributed by atoms with van der Waals surface area (Å²) in [7, 11) is 0. The van der Waals surface area contributed by atoms with Crippen LogP contribution < -0.4 is 26.3 Å². The highest BCUT2D eigenvalue weighted by Gasteiger charge is 2.21. The van der Waals surface area contributed by atoms with E-state index < -0.39 is 18.2 Å². The molecule has 1 aromatic carbocycles. The minimum atomic E-state index is -0.627. The van der Waals surface area contributed by atoms with Crippen molar-refractivity contribution in [2.24, 2.45) is 16.9 Å². The second-order valence-corrected chi connectivity index (χ2v) is 13.8. The number of carbonyl (C=O) groups is 2. The summed E-state index contributed by atoms with van der Waals surface area (Å²) in [6.07, 6.45) is 2.36. The third kappa shape index (κ3) is 23.4. The summed E-state index contributed by atoms with van der Waals surface area (Å²) in [4.78, 5) is 24.0. The SMILES string of the molecule is C=C(C)C(=O)OC(C)COC(C)COC(C)COCC(C)(C)COCC(C)OCC(C)OCC(C)OC(=O)NCc1cc(OC#CN)cc(OC#CN)c1. The molecule has 304 valence electrons. The quantitative estimate of drug-likeness (QED) is 0.0505. The summed E-state index contributed by atoms with van der Waals surface area (Å²) in [6.45, 7) is 23.6. The maximum Gasteiger partial charge on any atom is 0.407 e. The second kappa shape index (κ2) is 26.5. The van der Waals surface area contributed by atoms with E-state index in [-0.39, 0.29) is 55.7 Å². The molecular formula is C39H61N3O12. The number of hydrogen-bond acceptors (Lipinski definition) is 14. The molecule has 6 atom stereocenters. The third-order valence-electron chi connectivity index (χ3n) is 6.95. The number of alkyl carbamates (subject to hydrolysis) is 1. The molecule has 0 aromatic heterocycles. The molecule has 0 spiro atoms. The van der Waals surface area contributed by atoms with Gasteiger partial charge in [0.05, 0.1) is 77.3 Å². The van der Waals surface area contributed by atoms with Gasteiger partial charge < -0.3 is 64.2 Å². The minimum absolute atomic E-state index is 0.116. The highest BCUT2D eigenvalue weighted by molar-refractivity contribution is 5.87. The molecule has 15 heteroatoms. The molecule has 1 amide bonds. The maximum atomic E-state index is 12.4. The monoisotopic (exact) mass is 763 g/mol. The molecule has 0 aliphatic carbocycles. The van der Waals surface area contributed by atoms with Gasteiger partial charge in [0.2, 0.25) is 0 Å². The van der Waals surface area contributed by atoms with Crippen molar-refractivity contribution in [2.45, 2.75) is 105 Å². The zero-order valence-corrected chi connectivity index (χ0v) is 33.3. The molecular weight excluding hydrogens is 702 g/mol. The molecule has 15 nitrogen and oxygen atoms in total. The van der Waals surface area contributed by atoms with E-state index in [1.54, 1.807) is 39.0 Å². The largest absolute Gasteiger partial charge is 0.457 e. The van der Waals surface area contributed by atoms with Crippen molar-refractivity contribution in [3.63, 3.8) is 0 Å². The number of esters is 1. The minimum Gasteiger partial charge on any atom is -0.457 e. The van der Waals surface area contributed by atoms with Crippen LogP contribution in [-0.4, -0.2) is 102 Å². The molecule has 6 unspecified atom stereocenters. The van der Waals surface area contributed by atoms with Crippen LogP contribution in [0, 0.1) is 29.7 Å². The van der Waals surface area contributed by atoms with Crippen molar-refractivity contribution in [3.8, 4) is 35.8 Å². The number of nitrogens with two attached hydrogens (primary N) is 2. The molecule has 1 aromatic rings. The van der Waals surface area contributed by atoms with Gasteiger partial charge >= 0.3 is 12.1 Å². The number of benzene rings is 1. The van der Waals surface area contributed by atoms with Gasteiger partial charge in [-0.05, 0) is 66.2 Å². The topological polar surface area (TPSA) is 191 Å². The third-order valence-corrected chi connectivity index (χ3v) is 6.95. The van der Waals surface area contributed by atoms with Crippen LogP contribution in [0.2, 0.25) is 0 Å². The van der Waals surface area contributed by atoms with E-state index in [4.69, 9.17) is 58.8 Å². The lowest BCUT2D eigenvalue weighted by Gasteiger charge is -2.26. The van der Waals surface area contributed by atoms with Crippen LogP contribution in [0.3, 0.4) is 0 Å². The Morgan fingerprint density at radius 1 is 0.685 bits per heavy atom. The Labute approximate surface area is 320 Å². The summed E-state index contributed by atoms with van der Waals surface area (Å²) < 4.78 is 56.2. The summed E-state index contributed by atoms with van der Waals surface area (Å²) in [6, 6.07) is 9.14.